The molecule has 0 fully saturated rings. The Morgan fingerprint density at radius 1 is 1.30 bits per heavy atom. The van der Waals surface area contributed by atoms with Crippen LogP contribution in [0, 0.1) is 0 Å². The van der Waals surface area contributed by atoms with Crippen molar-refractivity contribution < 1.29 is 4.84 Å². The Balaban J connectivity index is 2.43. The lowest BCUT2D eigenvalue weighted by Crippen LogP contribution is -2.09. The first-order valence-electron chi connectivity index (χ1n) is 3.06. The second-order valence-electron chi connectivity index (χ2n) is 1.78. The molecule has 10 heavy (non-hydrogen) atoms. The van der Waals surface area contributed by atoms with Crippen molar-refractivity contribution in [3.05, 3.63) is 30.3 Å². The molecule has 0 atom stereocenters. The molecule has 0 aliphatic carbocycles. The van der Waals surface area contributed by atoms with E-state index in [-0.39, 0.29) is 6.73 Å². The molecule has 0 radical (unpaired) electrons. The molecule has 0 spiro atoms. The number of nitrogens with two attached hydrogens (primary N) is 1. The minimum absolute atomic E-state index is 0.175. The minimum Gasteiger partial charge on any atom is -0.307 e. The van der Waals surface area contributed by atoms with Gasteiger partial charge in [-0.1, -0.05) is 18.2 Å². The maximum absolute atomic E-state index is 5.09. The van der Waals surface area contributed by atoms with Crippen LogP contribution in [0.5, 0.6) is 0 Å². The molecule has 1 aromatic rings. The van der Waals surface area contributed by atoms with Crippen molar-refractivity contribution in [2.45, 2.75) is 0 Å². The Bertz CT molecular complexity index is 176. The number of para-hydroxylation sites is 1. The Kier molecular flexibility index (Phi) is 2.73. The van der Waals surface area contributed by atoms with Crippen LogP contribution >= 0.6 is 0 Å². The van der Waals surface area contributed by atoms with E-state index in [1.807, 2.05) is 30.3 Å². The highest BCUT2D eigenvalue weighted by molar-refractivity contribution is 5.39. The van der Waals surface area contributed by atoms with E-state index >= 15 is 0 Å². The van der Waals surface area contributed by atoms with Crippen molar-refractivity contribution in [3.63, 3.8) is 0 Å². The maximum atomic E-state index is 5.09. The monoisotopic (exact) mass is 138 g/mol. The zero-order valence-corrected chi connectivity index (χ0v) is 5.58. The second-order valence-corrected chi connectivity index (χ2v) is 1.78. The quantitative estimate of drug-likeness (QED) is 0.483. The maximum Gasteiger partial charge on any atom is 0.122 e. The lowest BCUT2D eigenvalue weighted by atomic mass is 10.3. The van der Waals surface area contributed by atoms with Gasteiger partial charge in [-0.2, -0.15) is 0 Å². The standard InChI is InChI=1S/C7H10N2O/c8-6-10-9-7-4-2-1-3-5-7/h1-5,9H,6,8H2. The highest BCUT2D eigenvalue weighted by Gasteiger charge is 1.84. The van der Waals surface area contributed by atoms with E-state index < -0.39 is 0 Å². The van der Waals surface area contributed by atoms with Gasteiger partial charge >= 0.3 is 0 Å². The fourth-order valence-corrected chi connectivity index (χ4v) is 0.631. The summed E-state index contributed by atoms with van der Waals surface area (Å²) in [6.45, 7) is 0.175. The van der Waals surface area contributed by atoms with Crippen molar-refractivity contribution in [1.29, 1.82) is 0 Å². The van der Waals surface area contributed by atoms with Crippen LogP contribution in [-0.2, 0) is 4.84 Å². The van der Waals surface area contributed by atoms with Crippen molar-refractivity contribution in [2.75, 3.05) is 12.2 Å². The van der Waals surface area contributed by atoms with E-state index in [0.717, 1.165) is 5.69 Å². The van der Waals surface area contributed by atoms with Crippen LogP contribution in [0.1, 0.15) is 0 Å². The average Bonchev–Trinajstić information content (AvgIpc) is 2.03. The third-order valence-electron chi connectivity index (χ3n) is 1.05. The summed E-state index contributed by atoms with van der Waals surface area (Å²) in [5.74, 6) is 0. The van der Waals surface area contributed by atoms with Gasteiger partial charge in [-0.15, -0.1) is 0 Å². The van der Waals surface area contributed by atoms with Crippen LogP contribution in [0.2, 0.25) is 0 Å². The predicted octanol–water partition coefficient (Wildman–Crippen LogP) is 0.946. The summed E-state index contributed by atoms with van der Waals surface area (Å²) >= 11 is 0. The van der Waals surface area contributed by atoms with Gasteiger partial charge in [0.05, 0.1) is 5.69 Å². The first-order chi connectivity index (χ1) is 4.93. The molecule has 0 saturated carbocycles. The van der Waals surface area contributed by atoms with Crippen LogP contribution in [-0.4, -0.2) is 6.73 Å². The Morgan fingerprint density at radius 2 is 2.00 bits per heavy atom. The number of nitrogens with one attached hydrogen (secondary N) is 1. The number of hydrogen-bond donors (Lipinski definition) is 2. The summed E-state index contributed by atoms with van der Waals surface area (Å²) in [4.78, 5) is 4.75. The van der Waals surface area contributed by atoms with Crippen LogP contribution in [0.25, 0.3) is 0 Å². The second kappa shape index (κ2) is 3.87. The van der Waals surface area contributed by atoms with Crippen LogP contribution in [0.4, 0.5) is 5.69 Å². The third-order valence-corrected chi connectivity index (χ3v) is 1.05. The summed E-state index contributed by atoms with van der Waals surface area (Å²) in [7, 11) is 0. The highest BCUT2D eigenvalue weighted by atomic mass is 16.6. The van der Waals surface area contributed by atoms with E-state index in [9.17, 15) is 0 Å². The van der Waals surface area contributed by atoms with Gasteiger partial charge in [0.1, 0.15) is 6.73 Å². The first-order valence-corrected chi connectivity index (χ1v) is 3.06. The fourth-order valence-electron chi connectivity index (χ4n) is 0.631. The van der Waals surface area contributed by atoms with Gasteiger partial charge in [0.2, 0.25) is 0 Å². The van der Waals surface area contributed by atoms with Crippen molar-refractivity contribution in [1.82, 2.24) is 0 Å². The fraction of sp³-hybridized carbons (Fsp3) is 0.143. The molecule has 0 bridgehead atoms. The number of anilines is 1. The van der Waals surface area contributed by atoms with E-state index in [4.69, 9.17) is 10.6 Å². The Hall–Kier alpha value is -1.06. The molecular formula is C7H10N2O. The van der Waals surface area contributed by atoms with Gasteiger partial charge in [-0.05, 0) is 12.1 Å². The summed E-state index contributed by atoms with van der Waals surface area (Å²) in [5, 5.41) is 0. The van der Waals surface area contributed by atoms with Crippen LogP contribution in [0.3, 0.4) is 0 Å². The molecule has 0 amide bonds. The molecule has 0 aromatic heterocycles. The molecule has 0 heterocycles. The lowest BCUT2D eigenvalue weighted by Gasteiger charge is -2.02. The third kappa shape index (κ3) is 2.05. The van der Waals surface area contributed by atoms with Gasteiger partial charge < -0.3 is 5.73 Å². The highest BCUT2D eigenvalue weighted by Crippen LogP contribution is 2.03. The number of benzene rings is 1. The molecule has 0 saturated heterocycles. The topological polar surface area (TPSA) is 47.3 Å². The SMILES string of the molecule is NCONc1ccccc1. The van der Waals surface area contributed by atoms with E-state index in [1.165, 1.54) is 0 Å². The molecular weight excluding hydrogens is 128 g/mol. The lowest BCUT2D eigenvalue weighted by molar-refractivity contribution is 0.202. The predicted molar refractivity (Wildman–Crippen MR) is 40.2 cm³/mol. The molecule has 3 nitrogen and oxygen atoms in total. The summed E-state index contributed by atoms with van der Waals surface area (Å²) < 4.78 is 0. The van der Waals surface area contributed by atoms with Gasteiger partial charge in [0, 0.05) is 0 Å². The Morgan fingerprint density at radius 3 is 2.60 bits per heavy atom. The Labute approximate surface area is 59.8 Å². The molecule has 0 aliphatic rings. The van der Waals surface area contributed by atoms with Gasteiger partial charge in [-0.25, -0.2) is 0 Å². The average molecular weight is 138 g/mol. The molecule has 3 N–H and O–H groups in total. The summed E-state index contributed by atoms with van der Waals surface area (Å²) in [6, 6.07) is 9.57. The molecule has 54 valence electrons. The van der Waals surface area contributed by atoms with Gasteiger partial charge in [-0.3, -0.25) is 10.3 Å². The van der Waals surface area contributed by atoms with E-state index in [2.05, 4.69) is 5.48 Å². The van der Waals surface area contributed by atoms with E-state index in [1.54, 1.807) is 0 Å². The van der Waals surface area contributed by atoms with Crippen molar-refractivity contribution in [3.8, 4) is 0 Å². The molecule has 1 aromatic carbocycles. The van der Waals surface area contributed by atoms with Crippen molar-refractivity contribution in [2.24, 2.45) is 5.73 Å². The smallest absolute Gasteiger partial charge is 0.122 e. The normalized spacial score (nSPS) is 9.30. The van der Waals surface area contributed by atoms with Gasteiger partial charge in [0.15, 0.2) is 0 Å². The minimum atomic E-state index is 0.175. The zero-order chi connectivity index (χ0) is 7.23. The van der Waals surface area contributed by atoms with Crippen LogP contribution < -0.4 is 11.2 Å². The number of rotatable bonds is 3. The van der Waals surface area contributed by atoms with Gasteiger partial charge in [0.25, 0.3) is 0 Å². The van der Waals surface area contributed by atoms with Crippen LogP contribution in [0.15, 0.2) is 30.3 Å². The first kappa shape index (κ1) is 7.05. The molecule has 1 rings (SSSR count). The summed E-state index contributed by atoms with van der Waals surface area (Å²) in [5.41, 5.74) is 8.67. The number of hydrogen-bond acceptors (Lipinski definition) is 3. The zero-order valence-electron chi connectivity index (χ0n) is 5.58. The van der Waals surface area contributed by atoms with E-state index in [0.29, 0.717) is 0 Å². The largest absolute Gasteiger partial charge is 0.307 e. The summed E-state index contributed by atoms with van der Waals surface area (Å²) in [6.07, 6.45) is 0. The molecule has 0 aliphatic heterocycles. The molecule has 3 heteroatoms. The molecule has 0 unspecified atom stereocenters. The van der Waals surface area contributed by atoms with Crippen molar-refractivity contribution >= 4 is 5.69 Å².